The van der Waals surface area contributed by atoms with Gasteiger partial charge >= 0.3 is 0 Å². The van der Waals surface area contributed by atoms with Gasteiger partial charge in [0.2, 0.25) is 0 Å². The number of aromatic nitrogens is 2. The molecule has 0 amide bonds. The quantitative estimate of drug-likeness (QED) is 0.588. The van der Waals surface area contributed by atoms with E-state index in [1.165, 1.54) is 0 Å². The Balaban J connectivity index is 1.72. The third-order valence-electron chi connectivity index (χ3n) is 4.26. The summed E-state index contributed by atoms with van der Waals surface area (Å²) in [4.78, 5) is 7.72. The second kappa shape index (κ2) is 6.17. The number of anilines is 1. The predicted octanol–water partition coefficient (Wildman–Crippen LogP) is 4.21. The Kier molecular flexibility index (Phi) is 3.71. The lowest BCUT2D eigenvalue weighted by atomic mass is 10.1. The summed E-state index contributed by atoms with van der Waals surface area (Å²) in [6.07, 6.45) is 1.78. The van der Waals surface area contributed by atoms with E-state index < -0.39 is 0 Å². The van der Waals surface area contributed by atoms with Crippen molar-refractivity contribution in [2.45, 2.75) is 6.54 Å². The maximum atomic E-state index is 9.17. The molecule has 0 atom stereocenters. The van der Waals surface area contributed by atoms with Crippen molar-refractivity contribution >= 4 is 27.6 Å². The number of pyridine rings is 1. The molecule has 25 heavy (non-hydrogen) atoms. The first-order chi connectivity index (χ1) is 12.3. The predicted molar refractivity (Wildman–Crippen MR) is 98.6 cm³/mol. The molecule has 0 saturated heterocycles. The Labute approximate surface area is 144 Å². The molecular weight excluding hydrogens is 312 g/mol. The van der Waals surface area contributed by atoms with Crippen LogP contribution in [0.3, 0.4) is 0 Å². The van der Waals surface area contributed by atoms with Crippen LogP contribution in [0.25, 0.3) is 21.9 Å². The van der Waals surface area contributed by atoms with Crippen molar-refractivity contribution in [1.29, 1.82) is 5.26 Å². The number of fused-ring (bicyclic) bond motifs is 3. The summed E-state index contributed by atoms with van der Waals surface area (Å²) in [5, 5.41) is 14.6. The molecule has 5 heteroatoms. The number of hydrogen-bond acceptors (Lipinski definition) is 4. The minimum absolute atomic E-state index is 0.637. The van der Waals surface area contributed by atoms with Crippen molar-refractivity contribution in [2.75, 3.05) is 12.4 Å². The van der Waals surface area contributed by atoms with Crippen molar-refractivity contribution in [3.63, 3.8) is 0 Å². The molecule has 0 saturated carbocycles. The zero-order valence-corrected chi connectivity index (χ0v) is 13.7. The molecule has 122 valence electrons. The lowest BCUT2D eigenvalue weighted by Crippen LogP contribution is -2.00. The van der Waals surface area contributed by atoms with Gasteiger partial charge in [0.15, 0.2) is 0 Å². The molecule has 0 bridgehead atoms. The summed E-state index contributed by atoms with van der Waals surface area (Å²) < 4.78 is 5.19. The number of ether oxygens (including phenoxy) is 1. The molecular formula is C20H16N4O. The van der Waals surface area contributed by atoms with Gasteiger partial charge in [-0.2, -0.15) is 5.26 Å². The molecule has 0 fully saturated rings. The smallest absolute Gasteiger partial charge is 0.140 e. The van der Waals surface area contributed by atoms with E-state index in [1.54, 1.807) is 13.3 Å². The van der Waals surface area contributed by atoms with Crippen LogP contribution in [-0.4, -0.2) is 17.1 Å². The first-order valence-electron chi connectivity index (χ1n) is 7.96. The fourth-order valence-corrected chi connectivity index (χ4v) is 2.97. The first kappa shape index (κ1) is 15.0. The molecule has 2 heterocycles. The van der Waals surface area contributed by atoms with Crippen LogP contribution in [0.4, 0.5) is 5.69 Å². The van der Waals surface area contributed by atoms with Crippen molar-refractivity contribution < 1.29 is 4.74 Å². The number of rotatable bonds is 4. The van der Waals surface area contributed by atoms with Gasteiger partial charge in [-0.15, -0.1) is 0 Å². The summed E-state index contributed by atoms with van der Waals surface area (Å²) in [6, 6.07) is 17.7. The fraction of sp³-hybridized carbons (Fsp3) is 0.100. The maximum Gasteiger partial charge on any atom is 0.140 e. The Bertz CT molecular complexity index is 1090. The number of nitrogens with one attached hydrogen (secondary N) is 2. The van der Waals surface area contributed by atoms with Crippen molar-refractivity contribution in [2.24, 2.45) is 0 Å². The SMILES string of the molecule is COc1ccc(CNc2ccnc3[nH]c4ccc(C#N)cc4c23)cc1. The van der Waals surface area contributed by atoms with Crippen LogP contribution in [0.15, 0.2) is 54.7 Å². The van der Waals surface area contributed by atoms with Gasteiger partial charge in [-0.3, -0.25) is 0 Å². The highest BCUT2D eigenvalue weighted by molar-refractivity contribution is 6.12. The first-order valence-corrected chi connectivity index (χ1v) is 7.96. The minimum atomic E-state index is 0.637. The lowest BCUT2D eigenvalue weighted by Gasteiger charge is -2.09. The third kappa shape index (κ3) is 2.74. The van der Waals surface area contributed by atoms with Crippen LogP contribution in [-0.2, 0) is 6.54 Å². The highest BCUT2D eigenvalue weighted by atomic mass is 16.5. The van der Waals surface area contributed by atoms with Gasteiger partial charge in [-0.05, 0) is 42.0 Å². The average molecular weight is 328 g/mol. The van der Waals surface area contributed by atoms with Gasteiger partial charge in [0.1, 0.15) is 11.4 Å². The topological polar surface area (TPSA) is 73.7 Å². The van der Waals surface area contributed by atoms with Crippen molar-refractivity contribution in [1.82, 2.24) is 9.97 Å². The van der Waals surface area contributed by atoms with Gasteiger partial charge in [0.25, 0.3) is 0 Å². The molecule has 0 aliphatic rings. The number of methoxy groups -OCH3 is 1. The molecule has 0 aliphatic heterocycles. The van der Waals surface area contributed by atoms with Gasteiger partial charge in [-0.1, -0.05) is 12.1 Å². The van der Waals surface area contributed by atoms with E-state index in [1.807, 2.05) is 48.5 Å². The second-order valence-corrected chi connectivity index (χ2v) is 5.78. The van der Waals surface area contributed by atoms with E-state index in [0.717, 1.165) is 38.9 Å². The summed E-state index contributed by atoms with van der Waals surface area (Å²) >= 11 is 0. The summed E-state index contributed by atoms with van der Waals surface area (Å²) in [5.41, 5.74) is 4.56. The molecule has 2 aromatic carbocycles. The Hall–Kier alpha value is -3.52. The molecule has 4 rings (SSSR count). The van der Waals surface area contributed by atoms with Crippen LogP contribution in [0, 0.1) is 11.3 Å². The number of nitrogens with zero attached hydrogens (tertiary/aromatic N) is 2. The van der Waals surface area contributed by atoms with E-state index >= 15 is 0 Å². The number of benzene rings is 2. The zero-order valence-electron chi connectivity index (χ0n) is 13.7. The van der Waals surface area contributed by atoms with Gasteiger partial charge in [0, 0.05) is 34.7 Å². The summed E-state index contributed by atoms with van der Waals surface area (Å²) in [6.45, 7) is 0.688. The number of hydrogen-bond donors (Lipinski definition) is 2. The molecule has 0 unspecified atom stereocenters. The minimum Gasteiger partial charge on any atom is -0.497 e. The van der Waals surface area contributed by atoms with E-state index in [0.29, 0.717) is 12.1 Å². The standard InChI is InChI=1S/C20H16N4O/c1-25-15-5-2-13(3-6-15)12-23-18-8-9-22-20-19(18)16-10-14(11-21)4-7-17(16)24-20/h2-10H,12H2,1H3,(H2,22,23,24). The molecule has 2 N–H and O–H groups in total. The van der Waals surface area contributed by atoms with Gasteiger partial charge in [0.05, 0.1) is 18.7 Å². The Morgan fingerprint density at radius 1 is 1.16 bits per heavy atom. The fourth-order valence-electron chi connectivity index (χ4n) is 2.97. The van der Waals surface area contributed by atoms with E-state index in [4.69, 9.17) is 10.00 Å². The molecule has 2 aromatic heterocycles. The summed E-state index contributed by atoms with van der Waals surface area (Å²) in [7, 11) is 1.66. The van der Waals surface area contributed by atoms with Gasteiger partial charge < -0.3 is 15.0 Å². The number of H-pyrrole nitrogens is 1. The van der Waals surface area contributed by atoms with Crippen LogP contribution < -0.4 is 10.1 Å². The third-order valence-corrected chi connectivity index (χ3v) is 4.26. The van der Waals surface area contributed by atoms with Gasteiger partial charge in [-0.25, -0.2) is 4.98 Å². The maximum absolute atomic E-state index is 9.17. The average Bonchev–Trinajstić information content (AvgIpc) is 3.05. The molecule has 0 aliphatic carbocycles. The molecule has 0 spiro atoms. The highest BCUT2D eigenvalue weighted by Crippen LogP contribution is 2.31. The highest BCUT2D eigenvalue weighted by Gasteiger charge is 2.10. The van der Waals surface area contributed by atoms with E-state index in [9.17, 15) is 0 Å². The van der Waals surface area contributed by atoms with Crippen molar-refractivity contribution in [3.8, 4) is 11.8 Å². The summed E-state index contributed by atoms with van der Waals surface area (Å²) in [5.74, 6) is 0.843. The monoisotopic (exact) mass is 328 g/mol. The van der Waals surface area contributed by atoms with E-state index in [-0.39, 0.29) is 0 Å². The molecule has 5 nitrogen and oxygen atoms in total. The van der Waals surface area contributed by atoms with Crippen LogP contribution in [0.2, 0.25) is 0 Å². The number of nitriles is 1. The lowest BCUT2D eigenvalue weighted by molar-refractivity contribution is 0.414. The Morgan fingerprint density at radius 2 is 2.00 bits per heavy atom. The van der Waals surface area contributed by atoms with Crippen LogP contribution >= 0.6 is 0 Å². The van der Waals surface area contributed by atoms with Crippen LogP contribution in [0.5, 0.6) is 5.75 Å². The van der Waals surface area contributed by atoms with Crippen molar-refractivity contribution in [3.05, 3.63) is 65.9 Å². The van der Waals surface area contributed by atoms with E-state index in [2.05, 4.69) is 21.4 Å². The Morgan fingerprint density at radius 3 is 2.76 bits per heavy atom. The van der Waals surface area contributed by atoms with Crippen LogP contribution in [0.1, 0.15) is 11.1 Å². The molecule has 4 aromatic rings. The molecule has 0 radical (unpaired) electrons. The normalized spacial score (nSPS) is 10.7. The largest absolute Gasteiger partial charge is 0.497 e. The zero-order chi connectivity index (χ0) is 17.2. The number of aromatic amines is 1. The second-order valence-electron chi connectivity index (χ2n) is 5.78.